The van der Waals surface area contributed by atoms with Crippen LogP contribution in [0.3, 0.4) is 0 Å². The van der Waals surface area contributed by atoms with Crippen LogP contribution in [-0.4, -0.2) is 12.6 Å². The van der Waals surface area contributed by atoms with E-state index in [2.05, 4.69) is 56.4 Å². The summed E-state index contributed by atoms with van der Waals surface area (Å²) >= 11 is 0. The molecule has 20 heavy (non-hydrogen) atoms. The molecule has 1 fully saturated rings. The normalized spacial score (nSPS) is 19.4. The minimum absolute atomic E-state index is 0.528. The SMILES string of the molecule is CCNC(Cc1ccccc1)C1(CC(C)C)CCCC1. The third-order valence-electron chi connectivity index (χ3n) is 4.89. The Labute approximate surface area is 125 Å². The summed E-state index contributed by atoms with van der Waals surface area (Å²) in [6.45, 7) is 8.09. The van der Waals surface area contributed by atoms with Gasteiger partial charge in [-0.25, -0.2) is 0 Å². The van der Waals surface area contributed by atoms with Crippen molar-refractivity contribution in [1.29, 1.82) is 0 Å². The quantitative estimate of drug-likeness (QED) is 0.751. The summed E-state index contributed by atoms with van der Waals surface area (Å²) in [6, 6.07) is 11.7. The van der Waals surface area contributed by atoms with E-state index < -0.39 is 0 Å². The lowest BCUT2D eigenvalue weighted by Crippen LogP contribution is -2.46. The van der Waals surface area contributed by atoms with Crippen LogP contribution in [0.4, 0.5) is 0 Å². The van der Waals surface area contributed by atoms with Crippen molar-refractivity contribution in [1.82, 2.24) is 5.32 Å². The molecular formula is C19H31N. The van der Waals surface area contributed by atoms with Crippen molar-refractivity contribution in [3.63, 3.8) is 0 Å². The Morgan fingerprint density at radius 3 is 2.30 bits per heavy atom. The maximum absolute atomic E-state index is 3.82. The monoisotopic (exact) mass is 273 g/mol. The van der Waals surface area contributed by atoms with Crippen molar-refractivity contribution in [2.24, 2.45) is 11.3 Å². The maximum atomic E-state index is 3.82. The minimum atomic E-state index is 0.528. The molecule has 1 aromatic carbocycles. The van der Waals surface area contributed by atoms with Crippen molar-refractivity contribution in [2.45, 2.75) is 65.3 Å². The molecule has 0 heterocycles. The molecule has 2 rings (SSSR count). The Kier molecular flexibility index (Phi) is 5.65. The number of nitrogens with one attached hydrogen (secondary N) is 1. The van der Waals surface area contributed by atoms with Crippen LogP contribution in [0.25, 0.3) is 0 Å². The van der Waals surface area contributed by atoms with E-state index in [0.717, 1.165) is 12.5 Å². The van der Waals surface area contributed by atoms with Crippen LogP contribution in [0.2, 0.25) is 0 Å². The van der Waals surface area contributed by atoms with Gasteiger partial charge >= 0.3 is 0 Å². The summed E-state index contributed by atoms with van der Waals surface area (Å²) in [5.74, 6) is 0.796. The zero-order chi connectivity index (χ0) is 14.4. The van der Waals surface area contributed by atoms with Gasteiger partial charge in [-0.3, -0.25) is 0 Å². The summed E-state index contributed by atoms with van der Waals surface area (Å²) < 4.78 is 0. The highest BCUT2D eigenvalue weighted by Crippen LogP contribution is 2.46. The van der Waals surface area contributed by atoms with Gasteiger partial charge < -0.3 is 5.32 Å². The summed E-state index contributed by atoms with van der Waals surface area (Å²) in [4.78, 5) is 0. The predicted molar refractivity (Wildman–Crippen MR) is 88.0 cm³/mol. The van der Waals surface area contributed by atoms with Crippen molar-refractivity contribution in [3.05, 3.63) is 35.9 Å². The first-order valence-corrected chi connectivity index (χ1v) is 8.43. The number of hydrogen-bond donors (Lipinski definition) is 1. The Morgan fingerprint density at radius 2 is 1.75 bits per heavy atom. The van der Waals surface area contributed by atoms with Gasteiger partial charge in [-0.2, -0.15) is 0 Å². The molecule has 1 aromatic rings. The number of hydrogen-bond acceptors (Lipinski definition) is 1. The average Bonchev–Trinajstić information content (AvgIpc) is 2.88. The van der Waals surface area contributed by atoms with E-state index >= 15 is 0 Å². The highest BCUT2D eigenvalue weighted by molar-refractivity contribution is 5.17. The van der Waals surface area contributed by atoms with E-state index in [0.29, 0.717) is 11.5 Å². The van der Waals surface area contributed by atoms with Crippen molar-refractivity contribution < 1.29 is 0 Å². The highest BCUT2D eigenvalue weighted by atomic mass is 14.9. The Balaban J connectivity index is 2.16. The summed E-state index contributed by atoms with van der Waals surface area (Å²) in [5.41, 5.74) is 2.01. The van der Waals surface area contributed by atoms with E-state index in [4.69, 9.17) is 0 Å². The molecule has 0 spiro atoms. The first-order valence-electron chi connectivity index (χ1n) is 8.43. The molecule has 1 saturated carbocycles. The molecule has 0 bridgehead atoms. The predicted octanol–water partition coefficient (Wildman–Crippen LogP) is 4.81. The van der Waals surface area contributed by atoms with E-state index in [1.54, 1.807) is 0 Å². The van der Waals surface area contributed by atoms with Gasteiger partial charge in [0.05, 0.1) is 0 Å². The molecule has 0 saturated heterocycles. The lowest BCUT2D eigenvalue weighted by atomic mass is 9.71. The third-order valence-corrected chi connectivity index (χ3v) is 4.89. The molecule has 0 amide bonds. The van der Waals surface area contributed by atoms with Crippen LogP contribution in [0.1, 0.15) is 58.4 Å². The molecule has 0 radical (unpaired) electrons. The molecular weight excluding hydrogens is 242 g/mol. The van der Waals surface area contributed by atoms with Crippen molar-refractivity contribution in [3.8, 4) is 0 Å². The zero-order valence-corrected chi connectivity index (χ0v) is 13.5. The van der Waals surface area contributed by atoms with Gasteiger partial charge in [-0.1, -0.05) is 63.9 Å². The van der Waals surface area contributed by atoms with Crippen molar-refractivity contribution >= 4 is 0 Å². The average molecular weight is 273 g/mol. The Bertz CT molecular complexity index is 376. The van der Waals surface area contributed by atoms with Gasteiger partial charge in [0.2, 0.25) is 0 Å². The maximum Gasteiger partial charge on any atom is 0.0164 e. The molecule has 1 heteroatoms. The smallest absolute Gasteiger partial charge is 0.0164 e. The minimum Gasteiger partial charge on any atom is -0.313 e. The van der Waals surface area contributed by atoms with Gasteiger partial charge in [0, 0.05) is 6.04 Å². The summed E-state index contributed by atoms with van der Waals surface area (Å²) in [6.07, 6.45) is 8.22. The van der Waals surface area contributed by atoms with E-state index in [1.165, 1.54) is 44.1 Å². The Hall–Kier alpha value is -0.820. The summed E-state index contributed by atoms with van der Waals surface area (Å²) in [5, 5.41) is 3.82. The fourth-order valence-corrected chi connectivity index (χ4v) is 4.19. The molecule has 1 unspecified atom stereocenters. The van der Waals surface area contributed by atoms with Crippen molar-refractivity contribution in [2.75, 3.05) is 6.54 Å². The zero-order valence-electron chi connectivity index (χ0n) is 13.5. The Morgan fingerprint density at radius 1 is 1.10 bits per heavy atom. The molecule has 0 aromatic heterocycles. The largest absolute Gasteiger partial charge is 0.313 e. The second kappa shape index (κ2) is 7.26. The molecule has 112 valence electrons. The third kappa shape index (κ3) is 3.85. The number of rotatable bonds is 7. The van der Waals surface area contributed by atoms with Gasteiger partial charge in [0.15, 0.2) is 0 Å². The fourth-order valence-electron chi connectivity index (χ4n) is 4.19. The van der Waals surface area contributed by atoms with Crippen LogP contribution in [-0.2, 0) is 6.42 Å². The highest BCUT2D eigenvalue weighted by Gasteiger charge is 2.40. The first kappa shape index (κ1) is 15.6. The number of likely N-dealkylation sites (N-methyl/N-ethyl adjacent to an activating group) is 1. The fraction of sp³-hybridized carbons (Fsp3) is 0.684. The molecule has 1 aliphatic carbocycles. The second-order valence-corrected chi connectivity index (χ2v) is 6.97. The van der Waals surface area contributed by atoms with Crippen LogP contribution in [0.5, 0.6) is 0 Å². The molecule has 1 nitrogen and oxygen atoms in total. The lowest BCUT2D eigenvalue weighted by Gasteiger charge is -2.40. The number of benzene rings is 1. The van der Waals surface area contributed by atoms with Gasteiger partial charge in [0.25, 0.3) is 0 Å². The van der Waals surface area contributed by atoms with E-state index in [9.17, 15) is 0 Å². The lowest BCUT2D eigenvalue weighted by molar-refractivity contribution is 0.155. The first-order chi connectivity index (χ1) is 9.66. The van der Waals surface area contributed by atoms with Crippen LogP contribution >= 0.6 is 0 Å². The second-order valence-electron chi connectivity index (χ2n) is 6.97. The molecule has 0 aliphatic heterocycles. The molecule has 1 N–H and O–H groups in total. The van der Waals surface area contributed by atoms with E-state index in [1.807, 2.05) is 0 Å². The van der Waals surface area contributed by atoms with Gasteiger partial charge in [0.1, 0.15) is 0 Å². The molecule has 1 aliphatic rings. The van der Waals surface area contributed by atoms with Crippen LogP contribution in [0.15, 0.2) is 30.3 Å². The van der Waals surface area contributed by atoms with Crippen LogP contribution < -0.4 is 5.32 Å². The van der Waals surface area contributed by atoms with E-state index in [-0.39, 0.29) is 0 Å². The topological polar surface area (TPSA) is 12.0 Å². The summed E-state index contributed by atoms with van der Waals surface area (Å²) in [7, 11) is 0. The van der Waals surface area contributed by atoms with Gasteiger partial charge in [-0.05, 0) is 49.1 Å². The molecule has 1 atom stereocenters. The van der Waals surface area contributed by atoms with Gasteiger partial charge in [-0.15, -0.1) is 0 Å². The van der Waals surface area contributed by atoms with Crippen LogP contribution in [0, 0.1) is 11.3 Å². The standard InChI is InChI=1S/C19H31N/c1-4-20-18(14-17-10-6-5-7-11-17)19(15-16(2)3)12-8-9-13-19/h5-7,10-11,16,18,20H,4,8-9,12-15H2,1-3H3.